The number of hydrogen-bond acceptors (Lipinski definition) is 6. The molecule has 0 radical (unpaired) electrons. The van der Waals surface area contributed by atoms with Crippen LogP contribution in [0.1, 0.15) is 15.9 Å². The number of nitrogens with zero attached hydrogens (tertiary/aromatic N) is 2. The summed E-state index contributed by atoms with van der Waals surface area (Å²) in [7, 11) is 0. The van der Waals surface area contributed by atoms with E-state index in [0.717, 1.165) is 6.21 Å². The molecule has 148 valence electrons. The summed E-state index contributed by atoms with van der Waals surface area (Å²) < 4.78 is 0. The van der Waals surface area contributed by atoms with Gasteiger partial charge in [-0.05, 0) is 35.9 Å². The van der Waals surface area contributed by atoms with Gasteiger partial charge in [0.2, 0.25) is 0 Å². The van der Waals surface area contributed by atoms with E-state index in [1.807, 2.05) is 5.43 Å². The Bertz CT molecular complexity index is 1020. The third kappa shape index (κ3) is 6.26. The van der Waals surface area contributed by atoms with Crippen molar-refractivity contribution < 1.29 is 24.4 Å². The molecule has 11 heteroatoms. The molecule has 10 nitrogen and oxygen atoms in total. The van der Waals surface area contributed by atoms with Gasteiger partial charge in [0.25, 0.3) is 5.69 Å². The number of hydrogen-bond donors (Lipinski definition) is 3. The van der Waals surface area contributed by atoms with Crippen molar-refractivity contribution in [2.45, 2.75) is 0 Å². The Balaban J connectivity index is 1.95. The molecule has 29 heavy (non-hydrogen) atoms. The average Bonchev–Trinajstić information content (AvgIpc) is 2.68. The molecule has 0 aliphatic carbocycles. The molecular formula is C18H13ClN4O6. The highest BCUT2D eigenvalue weighted by molar-refractivity contribution is 6.42. The van der Waals surface area contributed by atoms with Crippen LogP contribution in [0.5, 0.6) is 0 Å². The van der Waals surface area contributed by atoms with E-state index < -0.39 is 22.7 Å². The van der Waals surface area contributed by atoms with Gasteiger partial charge in [0, 0.05) is 12.1 Å². The van der Waals surface area contributed by atoms with Crippen LogP contribution >= 0.6 is 11.6 Å². The minimum absolute atomic E-state index is 0.0415. The molecule has 0 aromatic heterocycles. The number of carbonyl (C=O) groups excluding carboxylic acids is 2. The number of carboxylic acid groups (broad SMARTS) is 1. The molecule has 2 aromatic rings. The zero-order valence-electron chi connectivity index (χ0n) is 14.5. The van der Waals surface area contributed by atoms with E-state index in [2.05, 4.69) is 10.4 Å². The third-order valence-corrected chi connectivity index (χ3v) is 3.58. The predicted octanol–water partition coefficient (Wildman–Crippen LogP) is 2.61. The molecule has 2 rings (SSSR count). The largest absolute Gasteiger partial charge is 0.478 e. The number of nitro benzene ring substituents is 1. The first-order chi connectivity index (χ1) is 13.8. The van der Waals surface area contributed by atoms with Gasteiger partial charge in [-0.3, -0.25) is 19.7 Å². The van der Waals surface area contributed by atoms with Crippen LogP contribution in [0.4, 0.5) is 11.4 Å². The average molecular weight is 417 g/mol. The number of nitro groups is 1. The van der Waals surface area contributed by atoms with Crippen LogP contribution in [-0.4, -0.2) is 34.0 Å². The van der Waals surface area contributed by atoms with E-state index >= 15 is 0 Å². The fraction of sp³-hybridized carbons (Fsp3) is 0. The minimum Gasteiger partial charge on any atom is -0.478 e. The smallest absolute Gasteiger partial charge is 0.337 e. The Morgan fingerprint density at radius 1 is 1.07 bits per heavy atom. The fourth-order valence-corrected chi connectivity index (χ4v) is 2.22. The molecule has 0 unspecified atom stereocenters. The highest BCUT2D eigenvalue weighted by Gasteiger charge is 2.16. The molecule has 0 heterocycles. The van der Waals surface area contributed by atoms with E-state index in [0.29, 0.717) is 5.56 Å². The SMILES string of the molecule is O=C(N/N=C\C(Cl)=C/c1ccc([N+](=O)[O-])cc1)C(=O)Nc1ccccc1C(=O)O. The van der Waals surface area contributed by atoms with Crippen LogP contribution in [-0.2, 0) is 9.59 Å². The van der Waals surface area contributed by atoms with Crippen LogP contribution in [0.25, 0.3) is 6.08 Å². The van der Waals surface area contributed by atoms with Gasteiger partial charge in [0.15, 0.2) is 0 Å². The second kappa shape index (κ2) is 9.76. The number of carboxylic acids is 1. The fourth-order valence-electron chi connectivity index (χ4n) is 2.05. The number of benzene rings is 2. The molecule has 2 aromatic carbocycles. The summed E-state index contributed by atoms with van der Waals surface area (Å²) >= 11 is 5.93. The van der Waals surface area contributed by atoms with Crippen molar-refractivity contribution >= 4 is 53.0 Å². The molecule has 0 aliphatic rings. The molecular weight excluding hydrogens is 404 g/mol. The number of hydrazone groups is 1. The summed E-state index contributed by atoms with van der Waals surface area (Å²) in [6.45, 7) is 0. The predicted molar refractivity (Wildman–Crippen MR) is 106 cm³/mol. The van der Waals surface area contributed by atoms with Crippen molar-refractivity contribution in [3.63, 3.8) is 0 Å². The zero-order valence-corrected chi connectivity index (χ0v) is 15.3. The van der Waals surface area contributed by atoms with Crippen LogP contribution in [0, 0.1) is 10.1 Å². The standard InChI is InChI=1S/C18H13ClN4O6/c19-12(9-11-5-7-13(8-6-11)23(28)29)10-20-22-17(25)16(24)21-15-4-2-1-3-14(15)18(26)27/h1-10H,(H,21,24)(H,22,25)(H,26,27)/b12-9+,20-10-. The molecule has 3 N–H and O–H groups in total. The zero-order chi connectivity index (χ0) is 21.4. The second-order valence-corrected chi connectivity index (χ2v) is 5.82. The molecule has 2 amide bonds. The Hall–Kier alpha value is -4.05. The van der Waals surface area contributed by atoms with Crippen molar-refractivity contribution in [3.05, 3.63) is 74.8 Å². The maximum atomic E-state index is 11.8. The number of rotatable bonds is 6. The van der Waals surface area contributed by atoms with Crippen LogP contribution in [0.2, 0.25) is 0 Å². The monoisotopic (exact) mass is 416 g/mol. The van der Waals surface area contributed by atoms with Crippen molar-refractivity contribution in [2.24, 2.45) is 5.10 Å². The first kappa shape index (κ1) is 21.3. The molecule has 0 aliphatic heterocycles. The van der Waals surface area contributed by atoms with Gasteiger partial charge in [0.05, 0.1) is 27.4 Å². The quantitative estimate of drug-likeness (QED) is 0.285. The van der Waals surface area contributed by atoms with E-state index in [1.165, 1.54) is 54.6 Å². The molecule has 0 saturated carbocycles. The summed E-state index contributed by atoms with van der Waals surface area (Å²) in [5.41, 5.74) is 2.21. The minimum atomic E-state index is -1.26. The number of amides is 2. The Morgan fingerprint density at radius 2 is 1.72 bits per heavy atom. The number of anilines is 1. The lowest BCUT2D eigenvalue weighted by Crippen LogP contribution is -2.32. The summed E-state index contributed by atoms with van der Waals surface area (Å²) in [6.07, 6.45) is 2.49. The summed E-state index contributed by atoms with van der Waals surface area (Å²) in [5, 5.41) is 25.4. The third-order valence-electron chi connectivity index (χ3n) is 3.37. The van der Waals surface area contributed by atoms with E-state index in [1.54, 1.807) is 0 Å². The molecule has 0 spiro atoms. The van der Waals surface area contributed by atoms with Gasteiger partial charge in [0.1, 0.15) is 0 Å². The van der Waals surface area contributed by atoms with Gasteiger partial charge >= 0.3 is 17.8 Å². The van der Waals surface area contributed by atoms with Crippen molar-refractivity contribution in [1.82, 2.24) is 5.43 Å². The normalized spacial score (nSPS) is 11.1. The molecule has 0 atom stereocenters. The Morgan fingerprint density at radius 3 is 2.34 bits per heavy atom. The van der Waals surface area contributed by atoms with Crippen LogP contribution in [0.15, 0.2) is 58.7 Å². The van der Waals surface area contributed by atoms with Crippen LogP contribution in [0.3, 0.4) is 0 Å². The number of allylic oxidation sites excluding steroid dienone is 1. The molecule has 0 bridgehead atoms. The second-order valence-electron chi connectivity index (χ2n) is 5.38. The van der Waals surface area contributed by atoms with Gasteiger partial charge in [-0.25, -0.2) is 10.2 Å². The van der Waals surface area contributed by atoms with Crippen molar-refractivity contribution in [2.75, 3.05) is 5.32 Å². The first-order valence-electron chi connectivity index (χ1n) is 7.86. The molecule has 0 saturated heterocycles. The van der Waals surface area contributed by atoms with Crippen molar-refractivity contribution in [3.8, 4) is 0 Å². The maximum Gasteiger partial charge on any atom is 0.337 e. The number of non-ortho nitro benzene ring substituents is 1. The highest BCUT2D eigenvalue weighted by Crippen LogP contribution is 2.15. The Labute approximate surface area is 168 Å². The van der Waals surface area contributed by atoms with Gasteiger partial charge in [-0.15, -0.1) is 0 Å². The lowest BCUT2D eigenvalue weighted by atomic mass is 10.2. The number of carbonyl (C=O) groups is 3. The summed E-state index contributed by atoms with van der Waals surface area (Å²) in [4.78, 5) is 44.8. The highest BCUT2D eigenvalue weighted by atomic mass is 35.5. The van der Waals surface area contributed by atoms with E-state index in [4.69, 9.17) is 16.7 Å². The lowest BCUT2D eigenvalue weighted by Gasteiger charge is -2.06. The van der Waals surface area contributed by atoms with Crippen LogP contribution < -0.4 is 10.7 Å². The van der Waals surface area contributed by atoms with Crippen molar-refractivity contribution in [1.29, 1.82) is 0 Å². The molecule has 0 fully saturated rings. The lowest BCUT2D eigenvalue weighted by molar-refractivity contribution is -0.384. The van der Waals surface area contributed by atoms with Gasteiger partial charge in [-0.2, -0.15) is 5.10 Å². The number of nitrogens with one attached hydrogen (secondary N) is 2. The summed E-state index contributed by atoms with van der Waals surface area (Å²) in [5.74, 6) is -3.52. The van der Waals surface area contributed by atoms with Gasteiger partial charge < -0.3 is 10.4 Å². The first-order valence-corrected chi connectivity index (χ1v) is 8.24. The van der Waals surface area contributed by atoms with E-state index in [9.17, 15) is 24.5 Å². The topological polar surface area (TPSA) is 151 Å². The van der Waals surface area contributed by atoms with E-state index in [-0.39, 0.29) is 22.0 Å². The van der Waals surface area contributed by atoms with Gasteiger partial charge in [-0.1, -0.05) is 23.7 Å². The maximum absolute atomic E-state index is 11.8. The number of halogens is 1. The number of aromatic carboxylic acids is 1. The number of para-hydroxylation sites is 1. The Kier molecular flexibility index (Phi) is 7.15. The summed E-state index contributed by atoms with van der Waals surface area (Å²) in [6, 6.07) is 11.1.